The minimum Gasteiger partial charge on any atom is -0.306 e. The van der Waals surface area contributed by atoms with Crippen LogP contribution in [0.15, 0.2) is 115 Å². The highest BCUT2D eigenvalue weighted by Crippen LogP contribution is 2.35. The van der Waals surface area contributed by atoms with Gasteiger partial charge in [-0.25, -0.2) is 9.97 Å². The van der Waals surface area contributed by atoms with Crippen molar-refractivity contribution in [2.24, 2.45) is 0 Å². The highest BCUT2D eigenvalue weighted by atomic mass is 15.2. The lowest BCUT2D eigenvalue weighted by Gasteiger charge is -2.04. The van der Waals surface area contributed by atoms with Crippen LogP contribution in [0.25, 0.3) is 71.7 Å². The third-order valence-electron chi connectivity index (χ3n) is 7.60. The summed E-state index contributed by atoms with van der Waals surface area (Å²) in [4.78, 5) is 10.4. The summed E-state index contributed by atoms with van der Waals surface area (Å²) < 4.78 is 6.93. The Morgan fingerprint density at radius 3 is 1.70 bits per heavy atom. The second-order valence-electron chi connectivity index (χ2n) is 9.54. The fraction of sp³-hybridized carbons (Fsp3) is 0. The molecule has 0 spiro atoms. The molecular weight excluding hydrogens is 454 g/mol. The summed E-state index contributed by atoms with van der Waals surface area (Å²) in [5, 5.41) is 3.52. The molecule has 5 heteroatoms. The van der Waals surface area contributed by atoms with Crippen LogP contribution in [0.2, 0.25) is 0 Å². The summed E-state index contributed by atoms with van der Waals surface area (Å²) in [6.07, 6.45) is 0. The Morgan fingerprint density at radius 1 is 0.378 bits per heavy atom. The molecular formula is C32H19N5. The monoisotopic (exact) mass is 473 g/mol. The van der Waals surface area contributed by atoms with E-state index >= 15 is 0 Å². The molecule has 0 radical (unpaired) electrons. The molecule has 172 valence electrons. The zero-order valence-electron chi connectivity index (χ0n) is 19.7. The predicted molar refractivity (Wildman–Crippen MR) is 151 cm³/mol. The number of aromatic nitrogens is 5. The van der Waals surface area contributed by atoms with Gasteiger partial charge in [0.15, 0.2) is 0 Å². The maximum absolute atomic E-state index is 5.22. The maximum atomic E-state index is 5.22. The summed E-state index contributed by atoms with van der Waals surface area (Å²) in [6, 6.07) is 40.5. The van der Waals surface area contributed by atoms with Gasteiger partial charge in [-0.15, -0.1) is 0 Å². The maximum Gasteiger partial charge on any atom is 0.221 e. The summed E-state index contributed by atoms with van der Waals surface area (Å²) >= 11 is 0. The Labute approximate surface area is 210 Å². The van der Waals surface area contributed by atoms with Crippen molar-refractivity contribution >= 4 is 71.7 Å². The number of hydrogen-bond acceptors (Lipinski definition) is 2. The van der Waals surface area contributed by atoms with Crippen molar-refractivity contribution in [3.63, 3.8) is 0 Å². The van der Waals surface area contributed by atoms with Crippen molar-refractivity contribution in [1.29, 1.82) is 0 Å². The number of hydrogen-bond donors (Lipinski definition) is 0. The molecule has 0 saturated carbocycles. The highest BCUT2D eigenvalue weighted by molar-refractivity contribution is 6.16. The van der Waals surface area contributed by atoms with Crippen LogP contribution in [0.3, 0.4) is 0 Å². The SMILES string of the molecule is c1ccc2c(c1)nc1n2c2cccc3c4ccccc4n(c4ccccc4c4nc5ccccc5n41)c32. The molecule has 0 aliphatic heterocycles. The molecule has 9 rings (SSSR count). The van der Waals surface area contributed by atoms with Crippen LogP contribution in [0.5, 0.6) is 0 Å². The second kappa shape index (κ2) is 6.74. The van der Waals surface area contributed by atoms with Gasteiger partial charge < -0.3 is 4.40 Å². The van der Waals surface area contributed by atoms with Crippen molar-refractivity contribution < 1.29 is 0 Å². The molecule has 5 nitrogen and oxygen atoms in total. The van der Waals surface area contributed by atoms with E-state index in [1.807, 2.05) is 6.07 Å². The van der Waals surface area contributed by atoms with Gasteiger partial charge in [0.2, 0.25) is 5.78 Å². The smallest absolute Gasteiger partial charge is 0.221 e. The molecule has 37 heavy (non-hydrogen) atoms. The number of nitrogens with zero attached hydrogens (tertiary/aromatic N) is 5. The van der Waals surface area contributed by atoms with Crippen molar-refractivity contribution in [2.45, 2.75) is 0 Å². The van der Waals surface area contributed by atoms with E-state index in [0.717, 1.165) is 55.4 Å². The van der Waals surface area contributed by atoms with Crippen LogP contribution < -0.4 is 0 Å². The topological polar surface area (TPSA) is 39.0 Å². The number of fused-ring (bicyclic) bond motifs is 14. The number of rotatable bonds is 0. The molecule has 0 fully saturated rings. The first-order valence-corrected chi connectivity index (χ1v) is 12.5. The van der Waals surface area contributed by atoms with Gasteiger partial charge in [-0.1, -0.05) is 66.7 Å². The van der Waals surface area contributed by atoms with Gasteiger partial charge in [0.25, 0.3) is 0 Å². The zero-order chi connectivity index (χ0) is 24.1. The quantitative estimate of drug-likeness (QED) is 0.228. The fourth-order valence-electron chi connectivity index (χ4n) is 6.10. The van der Waals surface area contributed by atoms with Crippen LogP contribution in [0, 0.1) is 0 Å². The Morgan fingerprint density at radius 2 is 0.919 bits per heavy atom. The first kappa shape index (κ1) is 19.1. The predicted octanol–water partition coefficient (Wildman–Crippen LogP) is 7.56. The van der Waals surface area contributed by atoms with E-state index in [9.17, 15) is 0 Å². The highest BCUT2D eigenvalue weighted by Gasteiger charge is 2.18. The van der Waals surface area contributed by atoms with E-state index in [0.29, 0.717) is 0 Å². The normalized spacial score (nSPS) is 12.3. The average Bonchev–Trinajstić information content (AvgIpc) is 3.62. The third-order valence-corrected chi connectivity index (χ3v) is 7.60. The van der Waals surface area contributed by atoms with Crippen LogP contribution in [-0.2, 0) is 0 Å². The van der Waals surface area contributed by atoms with Gasteiger partial charge in [0.05, 0.1) is 44.1 Å². The Kier molecular flexibility index (Phi) is 3.47. The van der Waals surface area contributed by atoms with Crippen LogP contribution in [0.1, 0.15) is 0 Å². The first-order chi connectivity index (χ1) is 18.4. The lowest BCUT2D eigenvalue weighted by atomic mass is 10.1. The van der Waals surface area contributed by atoms with Gasteiger partial charge in [-0.3, -0.25) is 8.80 Å². The molecule has 4 aromatic heterocycles. The Hall–Kier alpha value is -5.16. The first-order valence-electron chi connectivity index (χ1n) is 12.5. The minimum absolute atomic E-state index is 0.839. The molecule has 0 aliphatic rings. The number of benzene rings is 5. The molecule has 0 atom stereocenters. The molecule has 4 heterocycles. The van der Waals surface area contributed by atoms with Crippen molar-refractivity contribution in [2.75, 3.05) is 0 Å². The fourth-order valence-corrected chi connectivity index (χ4v) is 6.10. The Balaban J connectivity index is 1.81. The van der Waals surface area contributed by atoms with Crippen molar-refractivity contribution in [1.82, 2.24) is 23.2 Å². The summed E-state index contributed by atoms with van der Waals surface area (Å²) in [7, 11) is 0. The molecule has 9 aromatic rings. The number of imidazole rings is 2. The van der Waals surface area contributed by atoms with Crippen LogP contribution in [0.4, 0.5) is 0 Å². The van der Waals surface area contributed by atoms with Crippen LogP contribution in [-0.4, -0.2) is 23.2 Å². The summed E-state index contributed by atoms with van der Waals surface area (Å²) in [5.41, 5.74) is 9.42. The molecule has 0 amide bonds. The van der Waals surface area contributed by atoms with Crippen molar-refractivity contribution in [3.8, 4) is 0 Å². The zero-order valence-corrected chi connectivity index (χ0v) is 19.7. The molecule has 0 aliphatic carbocycles. The minimum atomic E-state index is 0.839. The van der Waals surface area contributed by atoms with E-state index < -0.39 is 0 Å². The van der Waals surface area contributed by atoms with Crippen LogP contribution >= 0.6 is 0 Å². The lowest BCUT2D eigenvalue weighted by Crippen LogP contribution is -1.93. The lowest BCUT2D eigenvalue weighted by molar-refractivity contribution is 1.16. The van der Waals surface area contributed by atoms with E-state index in [2.05, 4.69) is 122 Å². The number of para-hydroxylation sites is 7. The van der Waals surface area contributed by atoms with E-state index in [1.165, 1.54) is 16.3 Å². The molecule has 5 aromatic carbocycles. The molecule has 0 N–H and O–H groups in total. The molecule has 0 bridgehead atoms. The average molecular weight is 474 g/mol. The summed E-state index contributed by atoms with van der Waals surface area (Å²) in [5.74, 6) is 0.839. The standard InChI is InChI=1S/C32H19N5/c1-5-15-25-20(10-1)21-12-9-19-29-30(21)35(25)26-16-6-2-11-22(26)31-33-23-13-3-8-18-28(23)37(31)32-34-24-14-4-7-17-27(24)36(29)32/h1-19H. The van der Waals surface area contributed by atoms with Gasteiger partial charge in [0.1, 0.15) is 5.65 Å². The Bertz CT molecular complexity index is 2420. The van der Waals surface area contributed by atoms with Gasteiger partial charge in [-0.2, -0.15) is 0 Å². The molecule has 0 saturated heterocycles. The molecule has 0 unspecified atom stereocenters. The van der Waals surface area contributed by atoms with Gasteiger partial charge >= 0.3 is 0 Å². The summed E-state index contributed by atoms with van der Waals surface area (Å²) in [6.45, 7) is 0. The van der Waals surface area contributed by atoms with E-state index in [1.54, 1.807) is 0 Å². The third kappa shape index (κ3) is 2.33. The van der Waals surface area contributed by atoms with Crippen molar-refractivity contribution in [3.05, 3.63) is 115 Å². The van der Waals surface area contributed by atoms with E-state index in [-0.39, 0.29) is 0 Å². The largest absolute Gasteiger partial charge is 0.306 e. The van der Waals surface area contributed by atoms with Gasteiger partial charge in [0, 0.05) is 16.2 Å². The second-order valence-corrected chi connectivity index (χ2v) is 9.54. The van der Waals surface area contributed by atoms with E-state index in [4.69, 9.17) is 9.97 Å². The van der Waals surface area contributed by atoms with Gasteiger partial charge in [-0.05, 0) is 48.5 Å².